The van der Waals surface area contributed by atoms with E-state index in [0.717, 1.165) is 25.1 Å². The first kappa shape index (κ1) is 26.1. The number of anilines is 1. The number of nitro benzene ring substituents is 1. The van der Waals surface area contributed by atoms with Crippen molar-refractivity contribution >= 4 is 62.4 Å². The number of carbonyl (C=O) groups excluding carboxylic acids is 1. The van der Waals surface area contributed by atoms with Gasteiger partial charge in [-0.1, -0.05) is 29.5 Å². The Kier molecular flexibility index (Phi) is 10.4. The van der Waals surface area contributed by atoms with E-state index in [9.17, 15) is 14.9 Å². The minimum Gasteiger partial charge on any atom is -0.309 e. The molecule has 32 heavy (non-hydrogen) atoms. The number of thiazole rings is 1. The second kappa shape index (κ2) is 12.7. The van der Waals surface area contributed by atoms with Crippen LogP contribution in [0.4, 0.5) is 10.8 Å². The van der Waals surface area contributed by atoms with E-state index in [1.807, 2.05) is 32.3 Å². The zero-order valence-corrected chi connectivity index (χ0v) is 20.5. The van der Waals surface area contributed by atoms with Crippen LogP contribution in [0.2, 0.25) is 0 Å². The van der Waals surface area contributed by atoms with Crippen molar-refractivity contribution < 1.29 is 9.72 Å². The highest BCUT2D eigenvalue weighted by atomic mass is 35.5. The number of nitro groups is 1. The van der Waals surface area contributed by atoms with Crippen LogP contribution >= 0.6 is 35.5 Å². The van der Waals surface area contributed by atoms with Gasteiger partial charge in [0.2, 0.25) is 5.91 Å². The van der Waals surface area contributed by atoms with Gasteiger partial charge in [0.1, 0.15) is 0 Å². The number of nitrogens with zero attached hydrogens (tertiary/aromatic N) is 4. The first-order valence-corrected chi connectivity index (χ1v) is 11.9. The molecule has 7 nitrogen and oxygen atoms in total. The highest BCUT2D eigenvalue weighted by Crippen LogP contribution is 2.32. The number of fused-ring (bicyclic) bond motifs is 1. The van der Waals surface area contributed by atoms with E-state index in [1.165, 1.54) is 28.4 Å². The maximum absolute atomic E-state index is 13.0. The molecule has 0 saturated heterocycles. The summed E-state index contributed by atoms with van der Waals surface area (Å²) in [4.78, 5) is 33.3. The molecule has 2 aromatic carbocycles. The van der Waals surface area contributed by atoms with Crippen molar-refractivity contribution in [1.29, 1.82) is 0 Å². The molecule has 1 aromatic heterocycles. The molecule has 0 fully saturated rings. The Bertz CT molecular complexity index is 1030. The third-order valence-electron chi connectivity index (χ3n) is 4.64. The second-order valence-corrected chi connectivity index (χ2v) is 9.55. The number of rotatable bonds is 11. The molecule has 3 rings (SSSR count). The van der Waals surface area contributed by atoms with Gasteiger partial charge in [0.25, 0.3) is 5.69 Å². The molecule has 0 N–H and O–H groups in total. The summed E-state index contributed by atoms with van der Waals surface area (Å²) in [6.45, 7) is 1.44. The fraction of sp³-hybridized carbons (Fsp3) is 0.364. The van der Waals surface area contributed by atoms with Crippen molar-refractivity contribution in [1.82, 2.24) is 9.88 Å². The molecule has 0 unspecified atom stereocenters. The van der Waals surface area contributed by atoms with E-state index >= 15 is 0 Å². The van der Waals surface area contributed by atoms with Gasteiger partial charge in [0.05, 0.1) is 15.1 Å². The normalized spacial score (nSPS) is 10.8. The Hall–Kier alpha value is -2.20. The third kappa shape index (κ3) is 7.44. The number of carbonyl (C=O) groups is 1. The molecule has 10 heteroatoms. The van der Waals surface area contributed by atoms with Crippen LogP contribution in [0.3, 0.4) is 0 Å². The van der Waals surface area contributed by atoms with Crippen LogP contribution in [-0.4, -0.2) is 53.7 Å². The molecule has 0 atom stereocenters. The minimum atomic E-state index is -0.413. The topological polar surface area (TPSA) is 79.6 Å². The number of benzene rings is 2. The van der Waals surface area contributed by atoms with Crippen molar-refractivity contribution in [3.63, 3.8) is 0 Å². The lowest BCUT2D eigenvalue weighted by Gasteiger charge is -2.21. The van der Waals surface area contributed by atoms with E-state index in [2.05, 4.69) is 22.0 Å². The molecular weight excluding hydrogens is 468 g/mol. The van der Waals surface area contributed by atoms with E-state index in [4.69, 9.17) is 0 Å². The van der Waals surface area contributed by atoms with Crippen LogP contribution in [0.1, 0.15) is 19.3 Å². The zero-order chi connectivity index (χ0) is 22.2. The number of thioether (sulfide) groups is 1. The third-order valence-corrected chi connectivity index (χ3v) is 6.78. The molecule has 1 heterocycles. The van der Waals surface area contributed by atoms with Gasteiger partial charge in [0, 0.05) is 30.0 Å². The first-order valence-electron chi connectivity index (χ1n) is 10.1. The molecule has 0 saturated carbocycles. The summed E-state index contributed by atoms with van der Waals surface area (Å²) in [5, 5.41) is 11.7. The fourth-order valence-electron chi connectivity index (χ4n) is 3.07. The summed E-state index contributed by atoms with van der Waals surface area (Å²) >= 11 is 3.08. The van der Waals surface area contributed by atoms with E-state index in [-0.39, 0.29) is 24.0 Å². The average molecular weight is 495 g/mol. The summed E-state index contributed by atoms with van der Waals surface area (Å²) in [6.07, 6.45) is 2.05. The molecule has 0 bridgehead atoms. The molecule has 0 radical (unpaired) electrons. The number of non-ortho nitro benzene ring substituents is 1. The van der Waals surface area contributed by atoms with Gasteiger partial charge >= 0.3 is 0 Å². The Labute approximate surface area is 202 Å². The van der Waals surface area contributed by atoms with Crippen LogP contribution in [0.25, 0.3) is 10.2 Å². The average Bonchev–Trinajstić information content (AvgIpc) is 3.17. The van der Waals surface area contributed by atoms with Gasteiger partial charge in [-0.25, -0.2) is 4.98 Å². The smallest absolute Gasteiger partial charge is 0.270 e. The number of hydrogen-bond donors (Lipinski definition) is 0. The Morgan fingerprint density at radius 1 is 1.12 bits per heavy atom. The number of aromatic nitrogens is 1. The SMILES string of the molecule is CN(C)CCCN(C(=O)CCCSc1ccccc1)c1nc2ccc([N+](=O)[O-])cc2s1.Cl. The molecule has 3 aromatic rings. The largest absolute Gasteiger partial charge is 0.309 e. The molecule has 0 aliphatic rings. The lowest BCUT2D eigenvalue weighted by molar-refractivity contribution is -0.384. The zero-order valence-electron chi connectivity index (χ0n) is 18.1. The Morgan fingerprint density at radius 3 is 2.56 bits per heavy atom. The van der Waals surface area contributed by atoms with Gasteiger partial charge in [-0.05, 0) is 57.4 Å². The lowest BCUT2D eigenvalue weighted by atomic mass is 10.3. The first-order chi connectivity index (χ1) is 14.9. The van der Waals surface area contributed by atoms with Crippen molar-refractivity contribution in [2.24, 2.45) is 0 Å². The highest BCUT2D eigenvalue weighted by molar-refractivity contribution is 7.99. The maximum Gasteiger partial charge on any atom is 0.270 e. The maximum atomic E-state index is 13.0. The second-order valence-electron chi connectivity index (χ2n) is 7.37. The van der Waals surface area contributed by atoms with E-state index in [0.29, 0.717) is 28.3 Å². The summed E-state index contributed by atoms with van der Waals surface area (Å²) in [5.41, 5.74) is 0.710. The molecule has 0 aliphatic heterocycles. The van der Waals surface area contributed by atoms with E-state index < -0.39 is 4.92 Å². The van der Waals surface area contributed by atoms with Crippen molar-refractivity contribution in [2.75, 3.05) is 37.8 Å². The van der Waals surface area contributed by atoms with Gasteiger partial charge in [-0.2, -0.15) is 0 Å². The standard InChI is InChI=1S/C22H26N4O3S2.ClH/c1-24(2)13-7-14-25(21(27)10-6-15-30-18-8-4-3-5-9-18)22-23-19-12-11-17(26(28)29)16-20(19)31-22;/h3-5,8-9,11-12,16H,6-7,10,13-15H2,1-2H3;1H. The predicted octanol–water partition coefficient (Wildman–Crippen LogP) is 5.48. The predicted molar refractivity (Wildman–Crippen MR) is 135 cm³/mol. The van der Waals surface area contributed by atoms with Gasteiger partial charge < -0.3 is 4.90 Å². The number of halogens is 1. The number of amides is 1. The highest BCUT2D eigenvalue weighted by Gasteiger charge is 2.20. The number of hydrogen-bond acceptors (Lipinski definition) is 7. The summed E-state index contributed by atoms with van der Waals surface area (Å²) in [5.74, 6) is 0.911. The van der Waals surface area contributed by atoms with Gasteiger partial charge in [-0.3, -0.25) is 19.8 Å². The van der Waals surface area contributed by atoms with Crippen molar-refractivity contribution in [3.05, 3.63) is 58.6 Å². The van der Waals surface area contributed by atoms with Crippen LogP contribution in [0.15, 0.2) is 53.4 Å². The summed E-state index contributed by atoms with van der Waals surface area (Å²) in [6, 6.07) is 14.8. The quantitative estimate of drug-likeness (QED) is 0.152. The fourth-order valence-corrected chi connectivity index (χ4v) is 4.98. The minimum absolute atomic E-state index is 0. The monoisotopic (exact) mass is 494 g/mol. The van der Waals surface area contributed by atoms with E-state index in [1.54, 1.807) is 22.7 Å². The summed E-state index contributed by atoms with van der Waals surface area (Å²) in [7, 11) is 4.01. The molecule has 0 aliphatic carbocycles. The lowest BCUT2D eigenvalue weighted by Crippen LogP contribution is -2.33. The van der Waals surface area contributed by atoms with Crippen LogP contribution in [0, 0.1) is 10.1 Å². The molecule has 172 valence electrons. The van der Waals surface area contributed by atoms with Crippen LogP contribution < -0.4 is 4.90 Å². The van der Waals surface area contributed by atoms with Gasteiger partial charge in [0.15, 0.2) is 5.13 Å². The molecular formula is C22H27ClN4O3S2. The Morgan fingerprint density at radius 2 is 1.88 bits per heavy atom. The summed E-state index contributed by atoms with van der Waals surface area (Å²) < 4.78 is 0.717. The van der Waals surface area contributed by atoms with Crippen molar-refractivity contribution in [3.8, 4) is 0 Å². The van der Waals surface area contributed by atoms with Gasteiger partial charge in [-0.15, -0.1) is 24.2 Å². The van der Waals surface area contributed by atoms with Crippen LogP contribution in [0.5, 0.6) is 0 Å². The van der Waals surface area contributed by atoms with Crippen LogP contribution in [-0.2, 0) is 4.79 Å². The molecule has 1 amide bonds. The van der Waals surface area contributed by atoms with Crippen molar-refractivity contribution in [2.45, 2.75) is 24.2 Å². The molecule has 0 spiro atoms. The Balaban J connectivity index is 0.00000363.